The molecule has 0 aliphatic rings. The highest BCUT2D eigenvalue weighted by molar-refractivity contribution is 6.44. The Bertz CT molecular complexity index is 95.1. The van der Waals surface area contributed by atoms with E-state index >= 15 is 0 Å². The predicted molar refractivity (Wildman–Crippen MR) is 35.4 cm³/mol. The molecule has 1 radical (unpaired) electrons. The molecular weight excluding hydrogens is 163 g/mol. The van der Waals surface area contributed by atoms with Gasteiger partial charge in [-0.25, -0.2) is 0 Å². The summed E-state index contributed by atoms with van der Waals surface area (Å²) in [4.78, 5) is 19.0. The van der Waals surface area contributed by atoms with Gasteiger partial charge in [0.2, 0.25) is 6.29 Å². The highest BCUT2D eigenvalue weighted by Crippen LogP contribution is 2.11. The summed E-state index contributed by atoms with van der Waals surface area (Å²) in [6.07, 6.45) is 2.12. The van der Waals surface area contributed by atoms with Crippen molar-refractivity contribution < 1.29 is 9.59 Å². The summed E-state index contributed by atoms with van der Waals surface area (Å²) in [5.74, 6) is -0.773. The highest BCUT2D eigenvalue weighted by atomic mass is 35.5. The van der Waals surface area contributed by atoms with Crippen LogP contribution in [-0.4, -0.2) is 17.4 Å². The zero-order valence-corrected chi connectivity index (χ0v) is 6.02. The van der Waals surface area contributed by atoms with Gasteiger partial charge in [0.05, 0.1) is 5.92 Å². The van der Waals surface area contributed by atoms with Crippen LogP contribution in [0.1, 0.15) is 6.42 Å². The van der Waals surface area contributed by atoms with Crippen molar-refractivity contribution in [3.63, 3.8) is 0 Å². The van der Waals surface area contributed by atoms with E-state index in [0.717, 1.165) is 0 Å². The van der Waals surface area contributed by atoms with Gasteiger partial charge in [-0.15, -0.1) is 23.2 Å². The molecule has 0 heterocycles. The molecular formula is C5H5Cl2O2. The summed E-state index contributed by atoms with van der Waals surface area (Å²) < 4.78 is 0. The molecule has 0 aromatic carbocycles. The van der Waals surface area contributed by atoms with Gasteiger partial charge in [-0.1, -0.05) is 0 Å². The van der Waals surface area contributed by atoms with Crippen LogP contribution in [0.3, 0.4) is 0 Å². The lowest BCUT2D eigenvalue weighted by Gasteiger charge is -1.98. The van der Waals surface area contributed by atoms with Crippen molar-refractivity contribution in [1.29, 1.82) is 0 Å². The van der Waals surface area contributed by atoms with Gasteiger partial charge in [0.1, 0.15) is 11.1 Å². The number of halogens is 2. The average molecular weight is 168 g/mol. The topological polar surface area (TPSA) is 34.1 Å². The molecule has 2 nitrogen and oxygen atoms in total. The van der Waals surface area contributed by atoms with Gasteiger partial charge in [0.15, 0.2) is 0 Å². The highest BCUT2D eigenvalue weighted by Gasteiger charge is 2.10. The maximum atomic E-state index is 9.89. The number of alkyl halides is 2. The van der Waals surface area contributed by atoms with E-state index in [1.165, 1.54) is 6.29 Å². The van der Waals surface area contributed by atoms with E-state index < -0.39 is 10.8 Å². The third-order valence-electron chi connectivity index (χ3n) is 0.748. The van der Waals surface area contributed by atoms with E-state index in [1.807, 2.05) is 0 Å². The van der Waals surface area contributed by atoms with E-state index in [0.29, 0.717) is 6.29 Å². The minimum atomic E-state index is -0.773. The molecule has 1 atom stereocenters. The van der Waals surface area contributed by atoms with Crippen molar-refractivity contribution in [3.8, 4) is 0 Å². The third-order valence-corrected chi connectivity index (χ3v) is 1.10. The molecule has 51 valence electrons. The second kappa shape index (κ2) is 4.77. The zero-order valence-electron chi connectivity index (χ0n) is 4.51. The minimum absolute atomic E-state index is 0.149. The maximum Gasteiger partial charge on any atom is 0.209 e. The Morgan fingerprint density at radius 1 is 1.56 bits per heavy atom. The lowest BCUT2D eigenvalue weighted by Crippen LogP contribution is -2.06. The zero-order chi connectivity index (χ0) is 7.28. The summed E-state index contributed by atoms with van der Waals surface area (Å²) in [5.41, 5.74) is 0. The van der Waals surface area contributed by atoms with Crippen molar-refractivity contribution >= 4 is 35.8 Å². The molecule has 4 heteroatoms. The van der Waals surface area contributed by atoms with E-state index in [4.69, 9.17) is 23.2 Å². The molecule has 0 saturated heterocycles. The maximum absolute atomic E-state index is 9.89. The molecule has 0 aliphatic carbocycles. The van der Waals surface area contributed by atoms with Crippen LogP contribution in [-0.2, 0) is 9.59 Å². The Labute approximate surface area is 63.1 Å². The van der Waals surface area contributed by atoms with Gasteiger partial charge in [-0.05, 0) is 6.42 Å². The van der Waals surface area contributed by atoms with Crippen molar-refractivity contribution in [2.75, 3.05) is 0 Å². The molecule has 0 aromatic rings. The summed E-state index contributed by atoms with van der Waals surface area (Å²) in [7, 11) is 0. The Hall–Kier alpha value is -0.0800. The van der Waals surface area contributed by atoms with Gasteiger partial charge in [0, 0.05) is 0 Å². The van der Waals surface area contributed by atoms with E-state index in [-0.39, 0.29) is 6.42 Å². The second-order valence-electron chi connectivity index (χ2n) is 1.49. The molecule has 0 saturated carbocycles. The van der Waals surface area contributed by atoms with Crippen molar-refractivity contribution in [3.05, 3.63) is 0 Å². The van der Waals surface area contributed by atoms with Gasteiger partial charge in [0.25, 0.3) is 0 Å². The normalized spacial score (nSPS) is 10.2. The van der Waals surface area contributed by atoms with Crippen LogP contribution in [0.4, 0.5) is 0 Å². The van der Waals surface area contributed by atoms with Crippen LogP contribution in [0.15, 0.2) is 0 Å². The molecule has 0 bridgehead atoms. The van der Waals surface area contributed by atoms with Gasteiger partial charge in [-0.2, -0.15) is 0 Å². The molecule has 0 aromatic heterocycles. The molecule has 0 N–H and O–H groups in total. The summed E-state index contributed by atoms with van der Waals surface area (Å²) in [6, 6.07) is 0. The molecule has 9 heavy (non-hydrogen) atoms. The minimum Gasteiger partial charge on any atom is -0.303 e. The second-order valence-corrected chi connectivity index (χ2v) is 2.76. The largest absolute Gasteiger partial charge is 0.303 e. The van der Waals surface area contributed by atoms with Crippen LogP contribution in [0, 0.1) is 5.92 Å². The fourth-order valence-corrected chi connectivity index (χ4v) is 0.707. The van der Waals surface area contributed by atoms with Gasteiger partial charge >= 0.3 is 0 Å². The smallest absolute Gasteiger partial charge is 0.209 e. The molecule has 0 aliphatic heterocycles. The number of hydrogen-bond donors (Lipinski definition) is 0. The van der Waals surface area contributed by atoms with E-state index in [9.17, 15) is 9.59 Å². The quantitative estimate of drug-likeness (QED) is 0.358. The fraction of sp³-hybridized carbons (Fsp3) is 0.600. The number of carbonyl (C=O) groups excluding carboxylic acids is 2. The first-order chi connectivity index (χ1) is 4.20. The Balaban J connectivity index is 3.55. The lowest BCUT2D eigenvalue weighted by atomic mass is 10.1. The van der Waals surface area contributed by atoms with Crippen molar-refractivity contribution in [1.82, 2.24) is 0 Å². The Kier molecular flexibility index (Phi) is 4.72. The summed E-state index contributed by atoms with van der Waals surface area (Å²) in [5, 5.41) is 0. The SMILES string of the molecule is O=[C]C(C=O)CC(Cl)Cl. The van der Waals surface area contributed by atoms with Crippen LogP contribution < -0.4 is 0 Å². The molecule has 1 unspecified atom stereocenters. The lowest BCUT2D eigenvalue weighted by molar-refractivity contribution is -0.109. The van der Waals surface area contributed by atoms with Crippen molar-refractivity contribution in [2.45, 2.75) is 11.3 Å². The first kappa shape index (κ1) is 8.92. The van der Waals surface area contributed by atoms with Crippen LogP contribution in [0.5, 0.6) is 0 Å². The molecule has 0 rings (SSSR count). The number of carbonyl (C=O) groups is 1. The monoisotopic (exact) mass is 167 g/mol. The molecule has 0 fully saturated rings. The van der Waals surface area contributed by atoms with E-state index in [1.54, 1.807) is 0 Å². The van der Waals surface area contributed by atoms with E-state index in [2.05, 4.69) is 0 Å². The van der Waals surface area contributed by atoms with Crippen LogP contribution in [0.25, 0.3) is 0 Å². The first-order valence-corrected chi connectivity index (χ1v) is 3.19. The summed E-state index contributed by atoms with van der Waals surface area (Å²) in [6.45, 7) is 0. The van der Waals surface area contributed by atoms with Crippen molar-refractivity contribution in [2.24, 2.45) is 5.92 Å². The fourth-order valence-electron chi connectivity index (χ4n) is 0.323. The number of rotatable bonds is 4. The Morgan fingerprint density at radius 3 is 2.22 bits per heavy atom. The third kappa shape index (κ3) is 4.43. The Morgan fingerprint density at radius 2 is 2.11 bits per heavy atom. The predicted octanol–water partition coefficient (Wildman–Crippen LogP) is 1.10. The molecule has 0 spiro atoms. The van der Waals surface area contributed by atoms with Gasteiger partial charge in [-0.3, -0.25) is 4.79 Å². The first-order valence-electron chi connectivity index (χ1n) is 2.31. The number of hydrogen-bond acceptors (Lipinski definition) is 2. The summed E-state index contributed by atoms with van der Waals surface area (Å²) >= 11 is 10.5. The average Bonchev–Trinajstić information content (AvgIpc) is 1.82. The molecule has 0 amide bonds. The van der Waals surface area contributed by atoms with Gasteiger partial charge < -0.3 is 4.79 Å². The van der Waals surface area contributed by atoms with Crippen LogP contribution >= 0.6 is 23.2 Å². The number of aldehydes is 1. The standard InChI is InChI=1S/C5H5Cl2O2/c6-5(7)1-4(2-8)3-9/h2,4-5H,1H2. The van der Waals surface area contributed by atoms with Crippen LogP contribution in [0.2, 0.25) is 0 Å².